The summed E-state index contributed by atoms with van der Waals surface area (Å²) in [6.07, 6.45) is 5.81. The third-order valence-corrected chi connectivity index (χ3v) is 3.09. The molecule has 1 N–H and O–H groups in total. The molecular formula is C14H22N4O2. The first-order chi connectivity index (χ1) is 9.44. The maximum atomic E-state index is 11.6. The Bertz CT molecular complexity index is 444. The van der Waals surface area contributed by atoms with Gasteiger partial charge in [0.1, 0.15) is 11.4 Å². The van der Waals surface area contributed by atoms with E-state index in [0.29, 0.717) is 12.5 Å². The molecule has 0 saturated carbocycles. The summed E-state index contributed by atoms with van der Waals surface area (Å²) < 4.78 is 5.22. The van der Waals surface area contributed by atoms with Gasteiger partial charge in [0.05, 0.1) is 6.20 Å². The summed E-state index contributed by atoms with van der Waals surface area (Å²) in [5, 5.41) is 2.83. The number of amides is 1. The number of rotatable bonds is 3. The van der Waals surface area contributed by atoms with Gasteiger partial charge in [-0.2, -0.15) is 0 Å². The number of anilines is 1. The van der Waals surface area contributed by atoms with Crippen LogP contribution in [0.3, 0.4) is 0 Å². The molecule has 6 heteroatoms. The molecule has 1 aliphatic heterocycles. The molecule has 1 amide bonds. The molecule has 2 heterocycles. The van der Waals surface area contributed by atoms with Crippen LogP contribution in [0, 0.1) is 5.92 Å². The third kappa shape index (κ3) is 4.36. The van der Waals surface area contributed by atoms with Gasteiger partial charge in [-0.3, -0.25) is 4.98 Å². The molecule has 0 aliphatic carbocycles. The minimum absolute atomic E-state index is 0.351. The molecular weight excluding hydrogens is 256 g/mol. The zero-order valence-corrected chi connectivity index (χ0v) is 12.3. The number of carbonyl (C=O) groups is 1. The summed E-state index contributed by atoms with van der Waals surface area (Å²) in [6.45, 7) is 8.04. The second kappa shape index (κ2) is 6.07. The van der Waals surface area contributed by atoms with Crippen molar-refractivity contribution in [1.29, 1.82) is 0 Å². The average Bonchev–Trinajstić information content (AvgIpc) is 2.84. The number of carbonyl (C=O) groups excluding carboxylic acids is 1. The summed E-state index contributed by atoms with van der Waals surface area (Å²) in [7, 11) is 0. The number of hydrogen-bond acceptors (Lipinski definition) is 5. The van der Waals surface area contributed by atoms with Gasteiger partial charge in [0.25, 0.3) is 0 Å². The molecule has 1 atom stereocenters. The van der Waals surface area contributed by atoms with E-state index in [4.69, 9.17) is 4.74 Å². The van der Waals surface area contributed by atoms with Crippen molar-refractivity contribution in [3.63, 3.8) is 0 Å². The molecule has 1 fully saturated rings. The summed E-state index contributed by atoms with van der Waals surface area (Å²) in [5.74, 6) is 1.32. The highest BCUT2D eigenvalue weighted by Gasteiger charge is 2.24. The highest BCUT2D eigenvalue weighted by molar-refractivity contribution is 5.67. The Morgan fingerprint density at radius 1 is 1.50 bits per heavy atom. The van der Waals surface area contributed by atoms with E-state index in [1.807, 2.05) is 20.8 Å². The van der Waals surface area contributed by atoms with Crippen molar-refractivity contribution < 1.29 is 9.53 Å². The summed E-state index contributed by atoms with van der Waals surface area (Å²) in [6, 6.07) is 0. The molecule has 0 radical (unpaired) electrons. The first kappa shape index (κ1) is 14.6. The summed E-state index contributed by atoms with van der Waals surface area (Å²) in [5.41, 5.74) is -0.453. The van der Waals surface area contributed by atoms with E-state index in [0.717, 1.165) is 25.3 Å². The standard InChI is InChI=1S/C14H22N4O2/c1-14(2,3)20-13(19)17-8-11-4-7-18(10-11)12-9-15-5-6-16-12/h5-6,9,11H,4,7-8,10H2,1-3H3,(H,17,19)/t11-/m1/s1. The van der Waals surface area contributed by atoms with E-state index in [2.05, 4.69) is 20.2 Å². The lowest BCUT2D eigenvalue weighted by molar-refractivity contribution is 0.0520. The number of ether oxygens (including phenoxy) is 1. The van der Waals surface area contributed by atoms with Crippen LogP contribution < -0.4 is 10.2 Å². The van der Waals surface area contributed by atoms with Crippen LogP contribution in [0.15, 0.2) is 18.6 Å². The molecule has 0 aromatic carbocycles. The smallest absolute Gasteiger partial charge is 0.407 e. The minimum atomic E-state index is -0.453. The molecule has 20 heavy (non-hydrogen) atoms. The molecule has 0 spiro atoms. The quantitative estimate of drug-likeness (QED) is 0.913. The van der Waals surface area contributed by atoms with Crippen LogP contribution in [0.2, 0.25) is 0 Å². The normalized spacial score (nSPS) is 18.9. The van der Waals surface area contributed by atoms with Crippen molar-refractivity contribution >= 4 is 11.9 Å². The van der Waals surface area contributed by atoms with Crippen molar-refractivity contribution in [2.24, 2.45) is 5.92 Å². The van der Waals surface area contributed by atoms with Crippen LogP contribution in [-0.2, 0) is 4.74 Å². The second-order valence-corrected chi connectivity index (χ2v) is 6.05. The molecule has 1 saturated heterocycles. The summed E-state index contributed by atoms with van der Waals surface area (Å²) in [4.78, 5) is 22.2. The molecule has 110 valence electrons. The monoisotopic (exact) mass is 278 g/mol. The zero-order valence-electron chi connectivity index (χ0n) is 12.3. The van der Waals surface area contributed by atoms with Crippen LogP contribution in [0.4, 0.5) is 10.6 Å². The maximum absolute atomic E-state index is 11.6. The van der Waals surface area contributed by atoms with Gasteiger partial charge in [-0.05, 0) is 33.1 Å². The number of nitrogens with one attached hydrogen (secondary N) is 1. The SMILES string of the molecule is CC(C)(C)OC(=O)NC[C@H]1CCN(c2cnccn2)C1. The van der Waals surface area contributed by atoms with Crippen molar-refractivity contribution in [3.8, 4) is 0 Å². The van der Waals surface area contributed by atoms with Crippen molar-refractivity contribution in [1.82, 2.24) is 15.3 Å². The van der Waals surface area contributed by atoms with Crippen LogP contribution >= 0.6 is 0 Å². The lowest BCUT2D eigenvalue weighted by atomic mass is 10.1. The zero-order chi connectivity index (χ0) is 14.6. The van der Waals surface area contributed by atoms with Gasteiger partial charge in [0, 0.05) is 32.0 Å². The molecule has 1 aliphatic rings. The first-order valence-electron chi connectivity index (χ1n) is 6.92. The van der Waals surface area contributed by atoms with E-state index in [9.17, 15) is 4.79 Å². The first-order valence-corrected chi connectivity index (χ1v) is 6.92. The van der Waals surface area contributed by atoms with E-state index in [1.165, 1.54) is 0 Å². The van der Waals surface area contributed by atoms with Crippen LogP contribution in [0.25, 0.3) is 0 Å². The molecule has 0 bridgehead atoms. The highest BCUT2D eigenvalue weighted by atomic mass is 16.6. The van der Waals surface area contributed by atoms with Gasteiger partial charge in [-0.1, -0.05) is 0 Å². The van der Waals surface area contributed by atoms with Crippen LogP contribution in [-0.4, -0.2) is 41.3 Å². The van der Waals surface area contributed by atoms with Crippen molar-refractivity contribution in [2.45, 2.75) is 32.8 Å². The van der Waals surface area contributed by atoms with E-state index in [-0.39, 0.29) is 6.09 Å². The Labute approximate surface area is 119 Å². The number of nitrogens with zero attached hydrogens (tertiary/aromatic N) is 3. The number of hydrogen-bond donors (Lipinski definition) is 1. The Hall–Kier alpha value is -1.85. The predicted octanol–water partition coefficient (Wildman–Crippen LogP) is 1.83. The largest absolute Gasteiger partial charge is 0.444 e. The third-order valence-electron chi connectivity index (χ3n) is 3.09. The van der Waals surface area contributed by atoms with Gasteiger partial charge in [-0.25, -0.2) is 9.78 Å². The van der Waals surface area contributed by atoms with Gasteiger partial charge >= 0.3 is 6.09 Å². The highest BCUT2D eigenvalue weighted by Crippen LogP contribution is 2.20. The lowest BCUT2D eigenvalue weighted by Crippen LogP contribution is -2.36. The fraction of sp³-hybridized carbons (Fsp3) is 0.643. The second-order valence-electron chi connectivity index (χ2n) is 6.05. The van der Waals surface area contributed by atoms with Gasteiger partial charge in [0.15, 0.2) is 0 Å². The topological polar surface area (TPSA) is 67.3 Å². The lowest BCUT2D eigenvalue weighted by Gasteiger charge is -2.21. The van der Waals surface area contributed by atoms with Crippen LogP contribution in [0.1, 0.15) is 27.2 Å². The molecule has 0 unspecified atom stereocenters. The van der Waals surface area contributed by atoms with E-state index < -0.39 is 5.60 Å². The van der Waals surface area contributed by atoms with Gasteiger partial charge in [-0.15, -0.1) is 0 Å². The molecule has 1 aromatic rings. The summed E-state index contributed by atoms with van der Waals surface area (Å²) >= 11 is 0. The Balaban J connectivity index is 1.75. The average molecular weight is 278 g/mol. The molecule has 6 nitrogen and oxygen atoms in total. The Kier molecular flexibility index (Phi) is 4.42. The van der Waals surface area contributed by atoms with Crippen LogP contribution in [0.5, 0.6) is 0 Å². The van der Waals surface area contributed by atoms with Crippen molar-refractivity contribution in [2.75, 3.05) is 24.5 Å². The van der Waals surface area contributed by atoms with E-state index in [1.54, 1.807) is 18.6 Å². The van der Waals surface area contributed by atoms with Gasteiger partial charge < -0.3 is 15.0 Å². The Morgan fingerprint density at radius 2 is 2.30 bits per heavy atom. The molecule has 1 aromatic heterocycles. The molecule has 2 rings (SSSR count). The fourth-order valence-corrected chi connectivity index (χ4v) is 2.20. The minimum Gasteiger partial charge on any atom is -0.444 e. The predicted molar refractivity (Wildman–Crippen MR) is 76.6 cm³/mol. The van der Waals surface area contributed by atoms with Gasteiger partial charge in [0.2, 0.25) is 0 Å². The van der Waals surface area contributed by atoms with E-state index >= 15 is 0 Å². The Morgan fingerprint density at radius 3 is 2.95 bits per heavy atom. The number of alkyl carbamates (subject to hydrolysis) is 1. The maximum Gasteiger partial charge on any atom is 0.407 e. The van der Waals surface area contributed by atoms with Crippen molar-refractivity contribution in [3.05, 3.63) is 18.6 Å². The fourth-order valence-electron chi connectivity index (χ4n) is 2.20. The number of aromatic nitrogens is 2.